The third-order valence-corrected chi connectivity index (χ3v) is 4.68. The molecule has 3 aromatic rings. The number of H-pyrrole nitrogens is 1. The van der Waals surface area contributed by atoms with Gasteiger partial charge in [0.1, 0.15) is 5.82 Å². The second-order valence-electron chi connectivity index (χ2n) is 6.65. The lowest BCUT2D eigenvalue weighted by Gasteiger charge is -2.23. The Hall–Kier alpha value is -3.68. The first-order valence-electron chi connectivity index (χ1n) is 9.27. The maximum Gasteiger partial charge on any atom is 0.227 e. The number of aliphatic imine (C=N–C) groups is 1. The molecule has 0 unspecified atom stereocenters. The molecular formula is C21H19FN6O. The average Bonchev–Trinajstić information content (AvgIpc) is 3.45. The van der Waals surface area contributed by atoms with Crippen LogP contribution >= 0.6 is 0 Å². The van der Waals surface area contributed by atoms with Gasteiger partial charge in [-0.25, -0.2) is 4.39 Å². The molecule has 29 heavy (non-hydrogen) atoms. The molecule has 2 aromatic carbocycles. The van der Waals surface area contributed by atoms with Gasteiger partial charge in [0.25, 0.3) is 0 Å². The van der Waals surface area contributed by atoms with E-state index in [0.29, 0.717) is 30.8 Å². The maximum atomic E-state index is 14.3. The fraction of sp³-hybridized carbons (Fsp3) is 0.190. The van der Waals surface area contributed by atoms with Gasteiger partial charge in [-0.1, -0.05) is 25.1 Å². The third kappa shape index (κ3) is 4.11. The van der Waals surface area contributed by atoms with Crippen LogP contribution < -0.4 is 4.90 Å². The van der Waals surface area contributed by atoms with E-state index in [1.54, 1.807) is 24.1 Å². The van der Waals surface area contributed by atoms with Crippen molar-refractivity contribution in [2.24, 2.45) is 4.99 Å². The van der Waals surface area contributed by atoms with Gasteiger partial charge < -0.3 is 4.90 Å². The molecule has 0 spiro atoms. The minimum absolute atomic E-state index is 0.108. The number of anilines is 1. The lowest BCUT2D eigenvalue weighted by molar-refractivity contribution is -0.118. The van der Waals surface area contributed by atoms with Gasteiger partial charge in [-0.3, -0.25) is 9.79 Å². The Labute approximate surface area is 167 Å². The normalized spacial score (nSPS) is 12.8. The zero-order valence-corrected chi connectivity index (χ0v) is 15.8. The van der Waals surface area contributed by atoms with Crippen LogP contribution in [0.4, 0.5) is 10.1 Å². The summed E-state index contributed by atoms with van der Waals surface area (Å²) in [6.07, 6.45) is 4.08. The van der Waals surface area contributed by atoms with Crippen LogP contribution in [0.1, 0.15) is 24.5 Å². The van der Waals surface area contributed by atoms with Crippen molar-refractivity contribution < 1.29 is 9.18 Å². The van der Waals surface area contributed by atoms with Crippen molar-refractivity contribution in [1.29, 1.82) is 0 Å². The summed E-state index contributed by atoms with van der Waals surface area (Å²) in [5.41, 5.74) is 4.04. The van der Waals surface area contributed by atoms with Crippen LogP contribution in [0.25, 0.3) is 17.0 Å². The fourth-order valence-electron chi connectivity index (χ4n) is 3.24. The second-order valence-corrected chi connectivity index (χ2v) is 6.65. The summed E-state index contributed by atoms with van der Waals surface area (Å²) in [6, 6.07) is 12.3. The van der Waals surface area contributed by atoms with E-state index in [4.69, 9.17) is 0 Å². The van der Waals surface area contributed by atoms with Crippen molar-refractivity contribution in [3.8, 4) is 11.4 Å². The van der Waals surface area contributed by atoms with Gasteiger partial charge in [0, 0.05) is 23.9 Å². The van der Waals surface area contributed by atoms with Crippen molar-refractivity contribution >= 4 is 23.4 Å². The zero-order chi connectivity index (χ0) is 20.2. The van der Waals surface area contributed by atoms with Gasteiger partial charge in [-0.2, -0.15) is 5.21 Å². The lowest BCUT2D eigenvalue weighted by Crippen LogP contribution is -2.29. The molecule has 0 saturated heterocycles. The number of nitrogens with one attached hydrogen (secondary N) is 1. The number of hydrogen-bond donors (Lipinski definition) is 1. The van der Waals surface area contributed by atoms with Gasteiger partial charge in [-0.05, 0) is 52.3 Å². The number of aromatic nitrogens is 4. The molecule has 4 rings (SSSR count). The zero-order valence-electron chi connectivity index (χ0n) is 15.8. The van der Waals surface area contributed by atoms with Crippen molar-refractivity contribution in [2.45, 2.75) is 19.9 Å². The summed E-state index contributed by atoms with van der Waals surface area (Å²) in [5, 5.41) is 13.7. The summed E-state index contributed by atoms with van der Waals surface area (Å²) in [6.45, 7) is 2.76. The Balaban J connectivity index is 1.67. The van der Waals surface area contributed by atoms with Crippen LogP contribution in [0.2, 0.25) is 0 Å². The van der Waals surface area contributed by atoms with Crippen molar-refractivity contribution in [2.75, 3.05) is 11.4 Å². The molecule has 0 fully saturated rings. The summed E-state index contributed by atoms with van der Waals surface area (Å²) in [5.74, 6) is -0.313. The quantitative estimate of drug-likeness (QED) is 0.699. The van der Waals surface area contributed by atoms with E-state index in [9.17, 15) is 9.18 Å². The van der Waals surface area contributed by atoms with E-state index in [2.05, 4.69) is 25.6 Å². The van der Waals surface area contributed by atoms with Crippen LogP contribution in [-0.4, -0.2) is 39.3 Å². The van der Waals surface area contributed by atoms with Crippen LogP contribution in [0.15, 0.2) is 53.5 Å². The molecule has 7 nitrogen and oxygen atoms in total. The number of tetrazole rings is 1. The number of carbonyl (C=O) groups is 1. The average molecular weight is 390 g/mol. The van der Waals surface area contributed by atoms with E-state index in [1.165, 1.54) is 12.1 Å². The Bertz CT molecular complexity index is 1090. The van der Waals surface area contributed by atoms with Gasteiger partial charge in [0.2, 0.25) is 11.7 Å². The molecule has 0 radical (unpaired) electrons. The van der Waals surface area contributed by atoms with E-state index < -0.39 is 5.82 Å². The molecule has 0 saturated carbocycles. The number of nitrogens with zero attached hydrogens (tertiary/aromatic N) is 5. The third-order valence-electron chi connectivity index (χ3n) is 4.68. The Morgan fingerprint density at radius 2 is 2.10 bits per heavy atom. The monoisotopic (exact) mass is 390 g/mol. The number of amides is 1. The fourth-order valence-corrected chi connectivity index (χ4v) is 3.24. The summed E-state index contributed by atoms with van der Waals surface area (Å²) >= 11 is 0. The van der Waals surface area contributed by atoms with Crippen molar-refractivity contribution in [3.63, 3.8) is 0 Å². The number of hydrogen-bond acceptors (Lipinski definition) is 5. The molecule has 8 heteroatoms. The number of halogens is 1. The Kier molecular flexibility index (Phi) is 5.24. The first-order chi connectivity index (χ1) is 14.1. The molecule has 1 amide bonds. The first kappa shape index (κ1) is 18.7. The minimum atomic E-state index is -0.474. The van der Waals surface area contributed by atoms with Crippen molar-refractivity contribution in [1.82, 2.24) is 20.6 Å². The van der Waals surface area contributed by atoms with E-state index in [-0.39, 0.29) is 11.7 Å². The molecular weight excluding hydrogens is 371 g/mol. The smallest absolute Gasteiger partial charge is 0.227 e. The first-order valence-corrected chi connectivity index (χ1v) is 9.27. The Morgan fingerprint density at radius 3 is 2.83 bits per heavy atom. The van der Waals surface area contributed by atoms with Gasteiger partial charge in [-0.15, -0.1) is 10.2 Å². The molecule has 0 aliphatic carbocycles. The topological polar surface area (TPSA) is 87.1 Å². The number of allylic oxidation sites excluding steroid dienone is 1. The van der Waals surface area contributed by atoms with E-state index >= 15 is 0 Å². The SMILES string of the molecule is CCC(=O)N(Cc1cccc(C2=CC=NC2)c1)c1cc(F)cc(-c2nn[nH]n2)c1. The molecule has 0 atom stereocenters. The largest absolute Gasteiger partial charge is 0.308 e. The maximum absolute atomic E-state index is 14.3. The summed E-state index contributed by atoms with van der Waals surface area (Å²) in [7, 11) is 0. The standard InChI is InChI=1S/C21H19FN6O/c1-2-20(29)28(13-14-4-3-5-15(8-14)16-6-7-23-12-16)19-10-17(9-18(22)11-19)21-24-26-27-25-21/h3-11H,2,12-13H2,1H3,(H,24,25,26,27). The molecule has 1 aliphatic heterocycles. The summed E-state index contributed by atoms with van der Waals surface area (Å²) < 4.78 is 14.3. The molecule has 146 valence electrons. The number of aromatic amines is 1. The van der Waals surface area contributed by atoms with Crippen LogP contribution in [0, 0.1) is 5.82 Å². The molecule has 0 bridgehead atoms. The molecule has 1 N–H and O–H groups in total. The van der Waals surface area contributed by atoms with Gasteiger partial charge >= 0.3 is 0 Å². The van der Waals surface area contributed by atoms with Crippen LogP contribution in [-0.2, 0) is 11.3 Å². The summed E-state index contributed by atoms with van der Waals surface area (Å²) in [4.78, 5) is 18.5. The predicted molar refractivity (Wildman–Crippen MR) is 109 cm³/mol. The van der Waals surface area contributed by atoms with Crippen molar-refractivity contribution in [3.05, 3.63) is 65.5 Å². The lowest BCUT2D eigenvalue weighted by atomic mass is 10.0. The highest BCUT2D eigenvalue weighted by Gasteiger charge is 2.18. The van der Waals surface area contributed by atoms with Gasteiger partial charge in [0.15, 0.2) is 0 Å². The van der Waals surface area contributed by atoms with Gasteiger partial charge in [0.05, 0.1) is 13.1 Å². The molecule has 1 aliphatic rings. The highest BCUT2D eigenvalue weighted by molar-refractivity contribution is 5.94. The minimum Gasteiger partial charge on any atom is -0.308 e. The molecule has 1 aromatic heterocycles. The number of benzene rings is 2. The highest BCUT2D eigenvalue weighted by atomic mass is 19.1. The predicted octanol–water partition coefficient (Wildman–Crippen LogP) is 3.42. The second kappa shape index (κ2) is 8.14. The highest BCUT2D eigenvalue weighted by Crippen LogP contribution is 2.27. The van der Waals surface area contributed by atoms with E-state index in [1.807, 2.05) is 30.3 Å². The number of rotatable bonds is 6. The Morgan fingerprint density at radius 1 is 1.21 bits per heavy atom. The van der Waals surface area contributed by atoms with Crippen LogP contribution in [0.5, 0.6) is 0 Å². The van der Waals surface area contributed by atoms with Crippen LogP contribution in [0.3, 0.4) is 0 Å². The van der Waals surface area contributed by atoms with E-state index in [0.717, 1.165) is 16.7 Å². The molecule has 2 heterocycles. The number of carbonyl (C=O) groups excluding carboxylic acids is 1.